The number of ether oxygens (including phenoxy) is 1. The molecule has 0 saturated heterocycles. The molecule has 0 aliphatic rings. The molecule has 1 N–H and O–H groups in total. The number of esters is 1. The van der Waals surface area contributed by atoms with E-state index in [0.29, 0.717) is 10.8 Å². The van der Waals surface area contributed by atoms with Gasteiger partial charge in [0.1, 0.15) is 5.69 Å². The number of H-pyrrole nitrogens is 1. The lowest BCUT2D eigenvalue weighted by atomic mass is 10.1. The van der Waals surface area contributed by atoms with Crippen molar-refractivity contribution in [1.29, 1.82) is 0 Å². The molecule has 1 aromatic heterocycles. The summed E-state index contributed by atoms with van der Waals surface area (Å²) in [5.74, 6) is -0.522. The monoisotopic (exact) mass is 295 g/mol. The molecule has 1 aromatic carbocycles. The molecule has 0 bridgehead atoms. The van der Waals surface area contributed by atoms with Gasteiger partial charge in [-0.25, -0.2) is 4.79 Å². The van der Waals surface area contributed by atoms with E-state index < -0.39 is 5.97 Å². The summed E-state index contributed by atoms with van der Waals surface area (Å²) in [7, 11) is 0. The minimum Gasteiger partial charge on any atom is -0.461 e. The summed E-state index contributed by atoms with van der Waals surface area (Å²) in [6.45, 7) is 1.99. The Morgan fingerprint density at radius 3 is 2.88 bits per heavy atom. The Bertz CT molecular complexity index is 633. The Hall–Kier alpha value is -1.62. The maximum absolute atomic E-state index is 11.7. The van der Waals surface area contributed by atoms with Gasteiger partial charge in [-0.3, -0.25) is 4.79 Å². The van der Waals surface area contributed by atoms with Gasteiger partial charge in [-0.15, -0.1) is 0 Å². The highest BCUT2D eigenvalue weighted by Crippen LogP contribution is 2.17. The molecule has 0 aliphatic carbocycles. The van der Waals surface area contributed by atoms with Gasteiger partial charge in [-0.1, -0.05) is 15.9 Å². The van der Waals surface area contributed by atoms with Crippen LogP contribution in [0.1, 0.15) is 17.4 Å². The van der Waals surface area contributed by atoms with Crippen molar-refractivity contribution < 1.29 is 9.53 Å². The summed E-state index contributed by atoms with van der Waals surface area (Å²) in [6, 6.07) is 6.88. The second kappa shape index (κ2) is 4.71. The van der Waals surface area contributed by atoms with Gasteiger partial charge in [0.2, 0.25) is 0 Å². The number of hydrogen-bond donors (Lipinski definition) is 1. The zero-order valence-corrected chi connectivity index (χ0v) is 10.7. The van der Waals surface area contributed by atoms with Gasteiger partial charge in [0.05, 0.1) is 6.61 Å². The molecule has 1 heterocycles. The van der Waals surface area contributed by atoms with Crippen LogP contribution in [0, 0.1) is 0 Å². The van der Waals surface area contributed by atoms with Crippen molar-refractivity contribution in [2.45, 2.75) is 6.92 Å². The number of fused-ring (bicyclic) bond motifs is 1. The first-order chi connectivity index (χ1) is 8.11. The molecule has 0 fully saturated rings. The quantitative estimate of drug-likeness (QED) is 0.866. The fraction of sp³-hybridized carbons (Fsp3) is 0.167. The fourth-order valence-corrected chi connectivity index (χ4v) is 1.94. The summed E-state index contributed by atoms with van der Waals surface area (Å²) in [6.07, 6.45) is 0. The van der Waals surface area contributed by atoms with Crippen LogP contribution in [0.4, 0.5) is 0 Å². The average molecular weight is 296 g/mol. The molecule has 0 aliphatic heterocycles. The van der Waals surface area contributed by atoms with Crippen molar-refractivity contribution in [1.82, 2.24) is 4.98 Å². The zero-order valence-electron chi connectivity index (χ0n) is 9.12. The van der Waals surface area contributed by atoms with Crippen LogP contribution in [0.25, 0.3) is 10.8 Å². The number of benzene rings is 1. The van der Waals surface area contributed by atoms with Crippen LogP contribution in [0.15, 0.2) is 33.5 Å². The van der Waals surface area contributed by atoms with E-state index in [0.717, 1.165) is 4.47 Å². The van der Waals surface area contributed by atoms with Crippen LogP contribution in [-0.2, 0) is 4.74 Å². The van der Waals surface area contributed by atoms with Crippen LogP contribution in [0.2, 0.25) is 0 Å². The molecule has 0 amide bonds. The third-order valence-corrected chi connectivity index (χ3v) is 2.79. The Morgan fingerprint density at radius 2 is 2.18 bits per heavy atom. The van der Waals surface area contributed by atoms with E-state index in [4.69, 9.17) is 4.74 Å². The van der Waals surface area contributed by atoms with Gasteiger partial charge >= 0.3 is 5.97 Å². The number of rotatable bonds is 2. The number of carbonyl (C=O) groups excluding carboxylic acids is 1. The van der Waals surface area contributed by atoms with Crippen LogP contribution >= 0.6 is 15.9 Å². The van der Waals surface area contributed by atoms with Crippen LogP contribution in [-0.4, -0.2) is 17.6 Å². The molecule has 0 spiro atoms. The lowest BCUT2D eigenvalue weighted by Crippen LogP contribution is -2.15. The molecule has 0 radical (unpaired) electrons. The summed E-state index contributed by atoms with van der Waals surface area (Å²) in [4.78, 5) is 25.8. The Labute approximate surface area is 106 Å². The van der Waals surface area contributed by atoms with Crippen molar-refractivity contribution in [2.75, 3.05) is 6.61 Å². The van der Waals surface area contributed by atoms with Gasteiger partial charge in [-0.2, -0.15) is 0 Å². The van der Waals surface area contributed by atoms with Crippen LogP contribution in [0.3, 0.4) is 0 Å². The fourth-order valence-electron chi connectivity index (χ4n) is 1.56. The zero-order chi connectivity index (χ0) is 12.4. The summed E-state index contributed by atoms with van der Waals surface area (Å²) in [5.41, 5.74) is -0.125. The van der Waals surface area contributed by atoms with Crippen molar-refractivity contribution in [3.8, 4) is 0 Å². The summed E-state index contributed by atoms with van der Waals surface area (Å²) in [5, 5.41) is 1.24. The highest BCUT2D eigenvalue weighted by atomic mass is 79.9. The highest BCUT2D eigenvalue weighted by molar-refractivity contribution is 9.10. The largest absolute Gasteiger partial charge is 0.461 e. The minimum absolute atomic E-state index is 0.169. The number of halogens is 1. The maximum atomic E-state index is 11.7. The molecule has 88 valence electrons. The molecule has 2 rings (SSSR count). The van der Waals surface area contributed by atoms with E-state index >= 15 is 0 Å². The van der Waals surface area contributed by atoms with E-state index in [1.54, 1.807) is 31.2 Å². The number of nitrogens with one attached hydrogen (secondary N) is 1. The van der Waals surface area contributed by atoms with Crippen LogP contribution < -0.4 is 5.56 Å². The first-order valence-corrected chi connectivity index (χ1v) is 5.91. The average Bonchev–Trinajstić information content (AvgIpc) is 2.28. The lowest BCUT2D eigenvalue weighted by Gasteiger charge is -2.03. The minimum atomic E-state index is -0.522. The first-order valence-electron chi connectivity index (χ1n) is 5.11. The second-order valence-electron chi connectivity index (χ2n) is 3.46. The van der Waals surface area contributed by atoms with Crippen molar-refractivity contribution >= 4 is 32.7 Å². The van der Waals surface area contributed by atoms with Crippen LogP contribution in [0.5, 0.6) is 0 Å². The highest BCUT2D eigenvalue weighted by Gasteiger charge is 2.10. The van der Waals surface area contributed by atoms with Gasteiger partial charge in [0, 0.05) is 9.86 Å². The van der Waals surface area contributed by atoms with E-state index in [1.807, 2.05) is 0 Å². The third-order valence-electron chi connectivity index (χ3n) is 2.30. The smallest absolute Gasteiger partial charge is 0.354 e. The number of pyridine rings is 1. The summed E-state index contributed by atoms with van der Waals surface area (Å²) >= 11 is 3.32. The van der Waals surface area contributed by atoms with E-state index in [2.05, 4.69) is 20.9 Å². The molecule has 0 atom stereocenters. The number of hydrogen-bond acceptors (Lipinski definition) is 3. The summed E-state index contributed by atoms with van der Waals surface area (Å²) < 4.78 is 5.69. The standard InChI is InChI=1S/C12H10BrNO3/c1-2-17-12(16)10-6-7-5-8(13)3-4-9(7)11(15)14-10/h3-6H,2H2,1H3,(H,14,15). The Balaban J connectivity index is 2.61. The number of carbonyl (C=O) groups is 1. The van der Waals surface area contributed by atoms with Crippen molar-refractivity contribution in [3.63, 3.8) is 0 Å². The predicted octanol–water partition coefficient (Wildman–Crippen LogP) is 2.47. The molecule has 2 aromatic rings. The van der Waals surface area contributed by atoms with E-state index in [1.165, 1.54) is 0 Å². The molecule has 5 heteroatoms. The van der Waals surface area contributed by atoms with Gasteiger partial charge in [0.25, 0.3) is 5.56 Å². The first kappa shape index (κ1) is 11.9. The lowest BCUT2D eigenvalue weighted by molar-refractivity contribution is 0.0519. The Kier molecular flexibility index (Phi) is 3.28. The molecule has 0 unspecified atom stereocenters. The number of aromatic nitrogens is 1. The van der Waals surface area contributed by atoms with Gasteiger partial charge < -0.3 is 9.72 Å². The third kappa shape index (κ3) is 2.39. The topological polar surface area (TPSA) is 59.2 Å². The Morgan fingerprint density at radius 1 is 1.41 bits per heavy atom. The molecular formula is C12H10BrNO3. The normalized spacial score (nSPS) is 10.5. The number of aromatic amines is 1. The van der Waals surface area contributed by atoms with Gasteiger partial charge in [-0.05, 0) is 36.6 Å². The molecular weight excluding hydrogens is 286 g/mol. The second-order valence-corrected chi connectivity index (χ2v) is 4.38. The molecule has 17 heavy (non-hydrogen) atoms. The van der Waals surface area contributed by atoms with Crippen molar-refractivity contribution in [3.05, 3.63) is 44.8 Å². The van der Waals surface area contributed by atoms with E-state index in [9.17, 15) is 9.59 Å². The SMILES string of the molecule is CCOC(=O)c1cc2cc(Br)ccc2c(=O)[nH]1. The maximum Gasteiger partial charge on any atom is 0.354 e. The van der Waals surface area contributed by atoms with Gasteiger partial charge in [0.15, 0.2) is 0 Å². The molecule has 0 saturated carbocycles. The predicted molar refractivity (Wildman–Crippen MR) is 68.2 cm³/mol. The molecule has 4 nitrogen and oxygen atoms in total. The van der Waals surface area contributed by atoms with E-state index in [-0.39, 0.29) is 17.9 Å². The van der Waals surface area contributed by atoms with Crippen molar-refractivity contribution in [2.24, 2.45) is 0 Å².